The third kappa shape index (κ3) is 3.70. The number of benzene rings is 2. The first-order chi connectivity index (χ1) is 12.1. The minimum absolute atomic E-state index is 0.161. The van der Waals surface area contributed by atoms with E-state index in [-0.39, 0.29) is 5.91 Å². The molecule has 0 aliphatic rings. The number of hydrogen-bond acceptors (Lipinski definition) is 3. The van der Waals surface area contributed by atoms with E-state index in [4.69, 9.17) is 20.8 Å². The monoisotopic (exact) mass is 357 g/mol. The number of hydrogen-bond donors (Lipinski definition) is 0. The summed E-state index contributed by atoms with van der Waals surface area (Å²) in [7, 11) is 1.62. The van der Waals surface area contributed by atoms with E-state index in [1.165, 1.54) is 0 Å². The van der Waals surface area contributed by atoms with Crippen molar-refractivity contribution in [2.45, 2.75) is 13.5 Å². The standard InChI is InChI=1S/C20H20ClNO3/c1-14-16-9-6-10-17(21)19(16)25-18(14)20(23)22(11-12-24-2)13-15-7-4-3-5-8-15/h3-10H,11-13H2,1-2H3. The van der Waals surface area contributed by atoms with Crippen molar-refractivity contribution in [2.75, 3.05) is 20.3 Å². The molecule has 0 atom stereocenters. The van der Waals surface area contributed by atoms with Gasteiger partial charge in [0.1, 0.15) is 0 Å². The maximum Gasteiger partial charge on any atom is 0.290 e. The second-order valence-corrected chi connectivity index (χ2v) is 6.29. The Bertz CT molecular complexity index is 873. The molecule has 0 spiro atoms. The molecule has 2 aromatic carbocycles. The Hall–Kier alpha value is -2.30. The van der Waals surface area contributed by atoms with Crippen LogP contribution in [0.3, 0.4) is 0 Å². The summed E-state index contributed by atoms with van der Waals surface area (Å²) in [6.07, 6.45) is 0. The summed E-state index contributed by atoms with van der Waals surface area (Å²) in [6, 6.07) is 15.4. The molecule has 25 heavy (non-hydrogen) atoms. The van der Waals surface area contributed by atoms with E-state index in [0.29, 0.717) is 36.1 Å². The van der Waals surface area contributed by atoms with E-state index in [0.717, 1.165) is 16.5 Å². The topological polar surface area (TPSA) is 42.7 Å². The van der Waals surface area contributed by atoms with Crippen LogP contribution >= 0.6 is 11.6 Å². The van der Waals surface area contributed by atoms with E-state index >= 15 is 0 Å². The minimum atomic E-state index is -0.161. The molecule has 4 nitrogen and oxygen atoms in total. The van der Waals surface area contributed by atoms with Gasteiger partial charge in [-0.1, -0.05) is 54.1 Å². The van der Waals surface area contributed by atoms with Crippen molar-refractivity contribution in [1.82, 2.24) is 4.90 Å². The fourth-order valence-corrected chi connectivity index (χ4v) is 3.03. The zero-order chi connectivity index (χ0) is 17.8. The third-order valence-corrected chi connectivity index (χ3v) is 4.48. The quantitative estimate of drug-likeness (QED) is 0.643. The first-order valence-corrected chi connectivity index (χ1v) is 8.49. The normalized spacial score (nSPS) is 11.0. The lowest BCUT2D eigenvalue weighted by atomic mass is 10.1. The summed E-state index contributed by atoms with van der Waals surface area (Å²) in [6.45, 7) is 3.31. The largest absolute Gasteiger partial charge is 0.449 e. The Morgan fingerprint density at radius 1 is 1.16 bits per heavy atom. The highest BCUT2D eigenvalue weighted by molar-refractivity contribution is 6.35. The van der Waals surface area contributed by atoms with Crippen molar-refractivity contribution in [1.29, 1.82) is 0 Å². The highest BCUT2D eigenvalue weighted by Crippen LogP contribution is 2.31. The van der Waals surface area contributed by atoms with E-state index in [2.05, 4.69) is 0 Å². The maximum atomic E-state index is 13.1. The van der Waals surface area contributed by atoms with Crippen molar-refractivity contribution in [3.63, 3.8) is 0 Å². The van der Waals surface area contributed by atoms with Gasteiger partial charge < -0.3 is 14.1 Å². The van der Waals surface area contributed by atoms with Gasteiger partial charge in [0.25, 0.3) is 5.91 Å². The molecule has 0 aliphatic carbocycles. The molecule has 130 valence electrons. The number of carbonyl (C=O) groups excluding carboxylic acids is 1. The molecular weight excluding hydrogens is 338 g/mol. The number of methoxy groups -OCH3 is 1. The zero-order valence-corrected chi connectivity index (χ0v) is 15.0. The number of furan rings is 1. The average molecular weight is 358 g/mol. The first-order valence-electron chi connectivity index (χ1n) is 8.11. The Morgan fingerprint density at radius 2 is 1.92 bits per heavy atom. The van der Waals surface area contributed by atoms with E-state index in [1.54, 1.807) is 18.1 Å². The second-order valence-electron chi connectivity index (χ2n) is 5.88. The summed E-state index contributed by atoms with van der Waals surface area (Å²) < 4.78 is 11.0. The number of ether oxygens (including phenoxy) is 1. The van der Waals surface area contributed by atoms with Crippen LogP contribution in [-0.2, 0) is 11.3 Å². The van der Waals surface area contributed by atoms with Crippen molar-refractivity contribution >= 4 is 28.5 Å². The summed E-state index contributed by atoms with van der Waals surface area (Å²) in [5.41, 5.74) is 2.41. The molecular formula is C20H20ClNO3. The fraction of sp³-hybridized carbons (Fsp3) is 0.250. The lowest BCUT2D eigenvalue weighted by Crippen LogP contribution is -2.33. The van der Waals surface area contributed by atoms with Crippen molar-refractivity contribution < 1.29 is 13.9 Å². The molecule has 0 bridgehead atoms. The van der Waals surface area contributed by atoms with Crippen LogP contribution in [0.4, 0.5) is 0 Å². The maximum absolute atomic E-state index is 13.1. The van der Waals surface area contributed by atoms with Crippen molar-refractivity contribution in [3.05, 3.63) is 70.4 Å². The average Bonchev–Trinajstić information content (AvgIpc) is 2.97. The van der Waals surface area contributed by atoms with Crippen molar-refractivity contribution in [3.8, 4) is 0 Å². The van der Waals surface area contributed by atoms with Gasteiger partial charge in [0, 0.05) is 31.1 Å². The van der Waals surface area contributed by atoms with Crippen LogP contribution in [0.15, 0.2) is 52.9 Å². The van der Waals surface area contributed by atoms with Gasteiger partial charge >= 0.3 is 0 Å². The molecule has 3 rings (SSSR count). The predicted molar refractivity (Wildman–Crippen MR) is 99.0 cm³/mol. The van der Waals surface area contributed by atoms with Gasteiger partial charge in [0.2, 0.25) is 0 Å². The SMILES string of the molecule is COCCN(Cc1ccccc1)C(=O)c1oc2c(Cl)cccc2c1C. The van der Waals surface area contributed by atoms with Gasteiger partial charge in [-0.15, -0.1) is 0 Å². The number of para-hydroxylation sites is 1. The van der Waals surface area contributed by atoms with Gasteiger partial charge in [-0.2, -0.15) is 0 Å². The van der Waals surface area contributed by atoms with Crippen LogP contribution in [0, 0.1) is 6.92 Å². The molecule has 0 fully saturated rings. The second kappa shape index (κ2) is 7.72. The highest BCUT2D eigenvalue weighted by atomic mass is 35.5. The summed E-state index contributed by atoms with van der Waals surface area (Å²) in [4.78, 5) is 14.8. The molecule has 1 aromatic heterocycles. The number of amides is 1. The third-order valence-electron chi connectivity index (χ3n) is 4.18. The van der Waals surface area contributed by atoms with E-state index in [1.807, 2.05) is 49.4 Å². The van der Waals surface area contributed by atoms with Crippen LogP contribution in [-0.4, -0.2) is 31.1 Å². The lowest BCUT2D eigenvalue weighted by Gasteiger charge is -2.21. The Balaban J connectivity index is 1.94. The summed E-state index contributed by atoms with van der Waals surface area (Å²) in [5.74, 6) is 0.167. The van der Waals surface area contributed by atoms with Crippen LogP contribution in [0.25, 0.3) is 11.0 Å². The molecule has 3 aromatic rings. The lowest BCUT2D eigenvalue weighted by molar-refractivity contribution is 0.0650. The molecule has 0 aliphatic heterocycles. The minimum Gasteiger partial charge on any atom is -0.449 e. The van der Waals surface area contributed by atoms with Gasteiger partial charge in [0.15, 0.2) is 11.3 Å². The van der Waals surface area contributed by atoms with Crippen LogP contribution in [0.1, 0.15) is 21.7 Å². The summed E-state index contributed by atoms with van der Waals surface area (Å²) >= 11 is 6.20. The van der Waals surface area contributed by atoms with Crippen LogP contribution < -0.4 is 0 Å². The number of nitrogens with zero attached hydrogens (tertiary/aromatic N) is 1. The smallest absolute Gasteiger partial charge is 0.290 e. The number of aryl methyl sites for hydroxylation is 1. The Morgan fingerprint density at radius 3 is 2.60 bits per heavy atom. The molecule has 0 N–H and O–H groups in total. The summed E-state index contributed by atoms with van der Waals surface area (Å²) in [5, 5.41) is 1.37. The molecule has 1 amide bonds. The number of carbonyl (C=O) groups is 1. The first kappa shape index (κ1) is 17.5. The van der Waals surface area contributed by atoms with Gasteiger partial charge in [-0.05, 0) is 18.6 Å². The molecule has 5 heteroatoms. The molecule has 0 radical (unpaired) electrons. The fourth-order valence-electron chi connectivity index (χ4n) is 2.81. The molecule has 1 heterocycles. The van der Waals surface area contributed by atoms with Crippen molar-refractivity contribution in [2.24, 2.45) is 0 Å². The zero-order valence-electron chi connectivity index (χ0n) is 14.3. The van der Waals surface area contributed by atoms with E-state index < -0.39 is 0 Å². The number of fused-ring (bicyclic) bond motifs is 1. The predicted octanol–water partition coefficient (Wildman–Crippen LogP) is 4.68. The number of halogens is 1. The van der Waals surface area contributed by atoms with Crippen LogP contribution in [0.2, 0.25) is 5.02 Å². The highest BCUT2D eigenvalue weighted by Gasteiger charge is 2.24. The van der Waals surface area contributed by atoms with Gasteiger partial charge in [-0.3, -0.25) is 4.79 Å². The molecule has 0 saturated carbocycles. The Kier molecular flexibility index (Phi) is 5.41. The van der Waals surface area contributed by atoms with Gasteiger partial charge in [-0.25, -0.2) is 0 Å². The van der Waals surface area contributed by atoms with Gasteiger partial charge in [0.05, 0.1) is 11.6 Å². The molecule has 0 unspecified atom stereocenters. The van der Waals surface area contributed by atoms with Crippen LogP contribution in [0.5, 0.6) is 0 Å². The molecule has 0 saturated heterocycles. The number of rotatable bonds is 6. The Labute approximate surface area is 151 Å². The van der Waals surface area contributed by atoms with E-state index in [9.17, 15) is 4.79 Å².